The van der Waals surface area contributed by atoms with Crippen LogP contribution >= 0.6 is 0 Å². The molecule has 0 radical (unpaired) electrons. The molecule has 1 saturated heterocycles. The van der Waals surface area contributed by atoms with E-state index in [-0.39, 0.29) is 18.1 Å². The molecule has 1 aromatic heterocycles. The van der Waals surface area contributed by atoms with Crippen molar-refractivity contribution in [3.63, 3.8) is 0 Å². The fourth-order valence-corrected chi connectivity index (χ4v) is 2.12. The number of hydrogen-bond acceptors (Lipinski definition) is 2. The van der Waals surface area contributed by atoms with Gasteiger partial charge in [-0.05, 0) is 38.8 Å². The van der Waals surface area contributed by atoms with E-state index in [1.165, 1.54) is 0 Å². The minimum Gasteiger partial charge on any atom is -0.467 e. The lowest BCUT2D eigenvalue weighted by atomic mass is 10.2. The molecule has 1 aromatic rings. The first-order valence-electron chi connectivity index (χ1n) is 5.79. The number of rotatable bonds is 2. The zero-order valence-corrected chi connectivity index (χ0v) is 9.77. The van der Waals surface area contributed by atoms with Crippen molar-refractivity contribution in [1.82, 2.24) is 10.2 Å². The summed E-state index contributed by atoms with van der Waals surface area (Å²) >= 11 is 0. The molecule has 1 atom stereocenters. The van der Waals surface area contributed by atoms with Gasteiger partial charge in [0.1, 0.15) is 5.76 Å². The van der Waals surface area contributed by atoms with Crippen LogP contribution in [0.5, 0.6) is 0 Å². The Morgan fingerprint density at radius 3 is 3.06 bits per heavy atom. The molecule has 4 heteroatoms. The Labute approximate surface area is 95.6 Å². The summed E-state index contributed by atoms with van der Waals surface area (Å²) in [5.41, 5.74) is 0. The maximum atomic E-state index is 11.9. The van der Waals surface area contributed by atoms with Gasteiger partial charge in [0, 0.05) is 12.6 Å². The van der Waals surface area contributed by atoms with E-state index in [4.69, 9.17) is 4.42 Å². The molecule has 0 aliphatic carbocycles. The van der Waals surface area contributed by atoms with Crippen LogP contribution in [0.25, 0.3) is 0 Å². The molecule has 88 valence electrons. The highest BCUT2D eigenvalue weighted by molar-refractivity contribution is 5.75. The number of nitrogens with zero attached hydrogens (tertiary/aromatic N) is 1. The predicted octanol–water partition coefficient (Wildman–Crippen LogP) is 2.53. The van der Waals surface area contributed by atoms with Crippen LogP contribution in [-0.4, -0.2) is 23.5 Å². The van der Waals surface area contributed by atoms with Gasteiger partial charge in [0.25, 0.3) is 0 Å². The van der Waals surface area contributed by atoms with Gasteiger partial charge in [0.05, 0.1) is 12.3 Å². The molecule has 2 rings (SSSR count). The van der Waals surface area contributed by atoms with Crippen molar-refractivity contribution in [2.45, 2.75) is 38.8 Å². The highest BCUT2D eigenvalue weighted by Crippen LogP contribution is 2.31. The van der Waals surface area contributed by atoms with Gasteiger partial charge in [0.2, 0.25) is 0 Å². The third kappa shape index (κ3) is 2.21. The van der Waals surface area contributed by atoms with Crippen LogP contribution in [0.15, 0.2) is 22.8 Å². The largest absolute Gasteiger partial charge is 0.467 e. The number of likely N-dealkylation sites (tertiary alicyclic amines) is 1. The fraction of sp³-hybridized carbons (Fsp3) is 0.583. The van der Waals surface area contributed by atoms with Gasteiger partial charge in [-0.1, -0.05) is 0 Å². The zero-order chi connectivity index (χ0) is 11.5. The highest BCUT2D eigenvalue weighted by atomic mass is 16.3. The van der Waals surface area contributed by atoms with Crippen LogP contribution in [0.3, 0.4) is 0 Å². The van der Waals surface area contributed by atoms with Crippen LogP contribution in [0.4, 0.5) is 4.79 Å². The molecule has 1 fully saturated rings. The SMILES string of the molecule is CC(C)NC(=O)N1CCCC1c1ccco1. The quantitative estimate of drug-likeness (QED) is 0.835. The minimum absolute atomic E-state index is 0.00824. The minimum atomic E-state index is 0.00824. The number of amides is 2. The first-order valence-corrected chi connectivity index (χ1v) is 5.79. The summed E-state index contributed by atoms with van der Waals surface area (Å²) in [5.74, 6) is 0.886. The summed E-state index contributed by atoms with van der Waals surface area (Å²) in [6, 6.07) is 4.09. The molecule has 2 amide bonds. The monoisotopic (exact) mass is 222 g/mol. The van der Waals surface area contributed by atoms with Gasteiger partial charge < -0.3 is 14.6 Å². The summed E-state index contributed by atoms with van der Waals surface area (Å²) in [7, 11) is 0. The van der Waals surface area contributed by atoms with Gasteiger partial charge in [-0.15, -0.1) is 0 Å². The second-order valence-corrected chi connectivity index (χ2v) is 4.47. The van der Waals surface area contributed by atoms with Crippen molar-refractivity contribution in [3.8, 4) is 0 Å². The summed E-state index contributed by atoms with van der Waals surface area (Å²) in [5, 5.41) is 2.92. The van der Waals surface area contributed by atoms with Crippen LogP contribution in [0.2, 0.25) is 0 Å². The molecule has 4 nitrogen and oxygen atoms in total. The lowest BCUT2D eigenvalue weighted by molar-refractivity contribution is 0.184. The maximum Gasteiger partial charge on any atom is 0.318 e. The lowest BCUT2D eigenvalue weighted by Gasteiger charge is -2.24. The summed E-state index contributed by atoms with van der Waals surface area (Å²) in [6.45, 7) is 4.75. The Hall–Kier alpha value is -1.45. The molecular formula is C12H18N2O2. The molecule has 2 heterocycles. The molecular weight excluding hydrogens is 204 g/mol. The average Bonchev–Trinajstić information content (AvgIpc) is 2.87. The van der Waals surface area contributed by atoms with Crippen molar-refractivity contribution in [2.24, 2.45) is 0 Å². The second kappa shape index (κ2) is 4.60. The van der Waals surface area contributed by atoms with E-state index in [9.17, 15) is 4.79 Å². The smallest absolute Gasteiger partial charge is 0.318 e. The highest BCUT2D eigenvalue weighted by Gasteiger charge is 2.31. The van der Waals surface area contributed by atoms with E-state index in [0.717, 1.165) is 25.1 Å². The van der Waals surface area contributed by atoms with E-state index < -0.39 is 0 Å². The van der Waals surface area contributed by atoms with Crippen LogP contribution in [0.1, 0.15) is 38.5 Å². The molecule has 0 bridgehead atoms. The summed E-state index contributed by atoms with van der Waals surface area (Å²) in [4.78, 5) is 13.8. The standard InChI is InChI=1S/C12H18N2O2/c1-9(2)13-12(15)14-7-3-5-10(14)11-6-4-8-16-11/h4,6,8-10H,3,5,7H2,1-2H3,(H,13,15). The molecule has 1 N–H and O–H groups in total. The van der Waals surface area contributed by atoms with Gasteiger partial charge in [-0.25, -0.2) is 4.79 Å². The first kappa shape index (κ1) is 11.0. The number of carbonyl (C=O) groups excluding carboxylic acids is 1. The van der Waals surface area contributed by atoms with Crippen molar-refractivity contribution in [1.29, 1.82) is 0 Å². The molecule has 1 unspecified atom stereocenters. The normalized spacial score (nSPS) is 20.4. The van der Waals surface area contributed by atoms with E-state index in [1.807, 2.05) is 30.9 Å². The number of hydrogen-bond donors (Lipinski definition) is 1. The number of nitrogens with one attached hydrogen (secondary N) is 1. The van der Waals surface area contributed by atoms with Crippen molar-refractivity contribution < 1.29 is 9.21 Å². The van der Waals surface area contributed by atoms with E-state index >= 15 is 0 Å². The van der Waals surface area contributed by atoms with E-state index in [2.05, 4.69) is 5.32 Å². The second-order valence-electron chi connectivity index (χ2n) is 4.47. The Balaban J connectivity index is 2.06. The van der Waals surface area contributed by atoms with Crippen molar-refractivity contribution >= 4 is 6.03 Å². The Bertz CT molecular complexity index is 346. The molecule has 0 saturated carbocycles. The third-order valence-corrected chi connectivity index (χ3v) is 2.80. The number of furan rings is 1. The molecule has 0 aromatic carbocycles. The van der Waals surface area contributed by atoms with E-state index in [1.54, 1.807) is 6.26 Å². The molecule has 1 aliphatic rings. The fourth-order valence-electron chi connectivity index (χ4n) is 2.12. The maximum absolute atomic E-state index is 11.9. The molecule has 0 spiro atoms. The van der Waals surface area contributed by atoms with Gasteiger partial charge in [-0.2, -0.15) is 0 Å². The van der Waals surface area contributed by atoms with Crippen LogP contribution in [0, 0.1) is 0 Å². The van der Waals surface area contributed by atoms with Gasteiger partial charge in [0.15, 0.2) is 0 Å². The molecule has 16 heavy (non-hydrogen) atoms. The molecule has 1 aliphatic heterocycles. The van der Waals surface area contributed by atoms with Gasteiger partial charge >= 0.3 is 6.03 Å². The number of urea groups is 1. The number of carbonyl (C=O) groups is 1. The van der Waals surface area contributed by atoms with E-state index in [0.29, 0.717) is 0 Å². The Morgan fingerprint density at radius 2 is 2.44 bits per heavy atom. The van der Waals surface area contributed by atoms with Crippen molar-refractivity contribution in [2.75, 3.05) is 6.54 Å². The Morgan fingerprint density at radius 1 is 1.62 bits per heavy atom. The first-order chi connectivity index (χ1) is 7.68. The summed E-state index contributed by atoms with van der Waals surface area (Å²) < 4.78 is 5.38. The van der Waals surface area contributed by atoms with Crippen LogP contribution in [-0.2, 0) is 0 Å². The van der Waals surface area contributed by atoms with Gasteiger partial charge in [-0.3, -0.25) is 0 Å². The summed E-state index contributed by atoms with van der Waals surface area (Å²) in [6.07, 6.45) is 3.68. The lowest BCUT2D eigenvalue weighted by Crippen LogP contribution is -2.42. The third-order valence-electron chi connectivity index (χ3n) is 2.80. The van der Waals surface area contributed by atoms with Crippen LogP contribution < -0.4 is 5.32 Å². The topological polar surface area (TPSA) is 45.5 Å². The Kier molecular flexibility index (Phi) is 3.17. The zero-order valence-electron chi connectivity index (χ0n) is 9.77. The predicted molar refractivity (Wildman–Crippen MR) is 61.1 cm³/mol. The average molecular weight is 222 g/mol. The van der Waals surface area contributed by atoms with Crippen molar-refractivity contribution in [3.05, 3.63) is 24.2 Å².